The summed E-state index contributed by atoms with van der Waals surface area (Å²) in [5.74, 6) is -7.03. The van der Waals surface area contributed by atoms with Gasteiger partial charge in [-0.2, -0.15) is 0 Å². The Bertz CT molecular complexity index is 1680. The third-order valence-electron chi connectivity index (χ3n) is 9.53. The highest BCUT2D eigenvalue weighted by molar-refractivity contribution is 9.10. The molecule has 3 aromatic carbocycles. The van der Waals surface area contributed by atoms with Crippen LogP contribution in [0.5, 0.6) is 5.75 Å². The van der Waals surface area contributed by atoms with E-state index in [1.54, 1.807) is 92.7 Å². The lowest BCUT2D eigenvalue weighted by molar-refractivity contribution is -0.152. The van der Waals surface area contributed by atoms with Gasteiger partial charge in [0.2, 0.25) is 23.6 Å². The molecule has 2 heterocycles. The van der Waals surface area contributed by atoms with E-state index in [2.05, 4.69) is 31.9 Å². The highest BCUT2D eigenvalue weighted by Gasteiger charge is 2.77. The number of halogens is 2. The molecule has 4 amide bonds. The van der Waals surface area contributed by atoms with Gasteiger partial charge >= 0.3 is 5.97 Å². The molecule has 8 rings (SSSR count). The van der Waals surface area contributed by atoms with Crippen molar-refractivity contribution in [2.24, 2.45) is 35.0 Å². The molecule has 3 fully saturated rings. The van der Waals surface area contributed by atoms with Gasteiger partial charge in [-0.15, -0.1) is 0 Å². The summed E-state index contributed by atoms with van der Waals surface area (Å²) in [5, 5.41) is 0. The van der Waals surface area contributed by atoms with E-state index in [4.69, 9.17) is 4.74 Å². The second-order valence-corrected chi connectivity index (χ2v) is 13.4. The zero-order valence-electron chi connectivity index (χ0n) is 23.0. The van der Waals surface area contributed by atoms with Crippen molar-refractivity contribution in [3.8, 4) is 5.75 Å². The Balaban J connectivity index is 1.40. The Labute approximate surface area is 263 Å². The second kappa shape index (κ2) is 9.82. The molecule has 1 saturated carbocycles. The van der Waals surface area contributed by atoms with Crippen LogP contribution in [0.3, 0.4) is 0 Å². The summed E-state index contributed by atoms with van der Waals surface area (Å²) in [4.78, 5) is 73.3. The number of para-hydroxylation sites is 1. The van der Waals surface area contributed by atoms with E-state index in [9.17, 15) is 24.0 Å². The summed E-state index contributed by atoms with van der Waals surface area (Å²) in [6.07, 6.45) is 0. The van der Waals surface area contributed by atoms with Gasteiger partial charge in [0.25, 0.3) is 0 Å². The number of anilines is 2. The maximum absolute atomic E-state index is 14.3. The molecule has 0 aromatic heterocycles. The van der Waals surface area contributed by atoms with E-state index in [-0.39, 0.29) is 5.57 Å². The van der Waals surface area contributed by atoms with Crippen LogP contribution in [0.2, 0.25) is 0 Å². The molecule has 8 nitrogen and oxygen atoms in total. The molecule has 43 heavy (non-hydrogen) atoms. The summed E-state index contributed by atoms with van der Waals surface area (Å²) >= 11 is 6.78. The fourth-order valence-corrected chi connectivity index (χ4v) is 8.47. The van der Waals surface area contributed by atoms with Gasteiger partial charge in [-0.1, -0.05) is 62.6 Å². The summed E-state index contributed by atoms with van der Waals surface area (Å²) in [5.41, 5.74) is -0.0276. The molecule has 4 unspecified atom stereocenters. The summed E-state index contributed by atoms with van der Waals surface area (Å²) in [7, 11) is 0. The highest BCUT2D eigenvalue weighted by Crippen LogP contribution is 2.68. The van der Waals surface area contributed by atoms with E-state index in [1.807, 2.05) is 0 Å². The molecule has 0 N–H and O–H groups in total. The number of rotatable bonds is 4. The normalized spacial score (nSPS) is 29.3. The number of ether oxygens (including phenoxy) is 1. The van der Waals surface area contributed by atoms with E-state index in [0.717, 1.165) is 18.7 Å². The molecule has 0 radical (unpaired) electrons. The maximum atomic E-state index is 14.3. The number of amides is 4. The summed E-state index contributed by atoms with van der Waals surface area (Å²) in [6.45, 7) is 3.40. The summed E-state index contributed by atoms with van der Waals surface area (Å²) in [6, 6.07) is 22.1. The molecule has 2 aliphatic heterocycles. The zero-order valence-corrected chi connectivity index (χ0v) is 26.2. The van der Waals surface area contributed by atoms with Gasteiger partial charge in [-0.05, 0) is 67.6 Å². The zero-order chi connectivity index (χ0) is 30.4. The van der Waals surface area contributed by atoms with Gasteiger partial charge in [-0.3, -0.25) is 29.0 Å². The van der Waals surface area contributed by atoms with Crippen molar-refractivity contribution >= 4 is 72.8 Å². The molecule has 3 aliphatic carbocycles. The van der Waals surface area contributed by atoms with Crippen molar-refractivity contribution in [1.82, 2.24) is 0 Å². The number of carbonyl (C=O) groups is 5. The van der Waals surface area contributed by atoms with Gasteiger partial charge in [0.1, 0.15) is 5.75 Å². The first-order valence-electron chi connectivity index (χ1n) is 13.8. The number of esters is 1. The number of benzene rings is 3. The van der Waals surface area contributed by atoms with E-state index < -0.39 is 64.6 Å². The molecule has 4 atom stereocenters. The molecule has 3 aromatic rings. The Morgan fingerprint density at radius 2 is 1.12 bits per heavy atom. The highest BCUT2D eigenvalue weighted by atomic mass is 79.9. The molecule has 5 aliphatic rings. The number of nitrogens with zero attached hydrogens (tertiary/aromatic N) is 2. The molecular weight excluding hydrogens is 680 g/mol. The first kappa shape index (κ1) is 27.9. The van der Waals surface area contributed by atoms with Crippen molar-refractivity contribution in [2.45, 2.75) is 13.8 Å². The van der Waals surface area contributed by atoms with Gasteiger partial charge < -0.3 is 4.74 Å². The fraction of sp³-hybridized carbons (Fsp3) is 0.242. The first-order valence-corrected chi connectivity index (χ1v) is 15.4. The van der Waals surface area contributed by atoms with Crippen LogP contribution >= 0.6 is 31.9 Å². The molecule has 0 spiro atoms. The minimum absolute atomic E-state index is 0.182. The quantitative estimate of drug-likeness (QED) is 0.197. The minimum atomic E-state index is -1.49. The van der Waals surface area contributed by atoms with Crippen molar-refractivity contribution in [3.63, 3.8) is 0 Å². The molecule has 2 saturated heterocycles. The topological polar surface area (TPSA) is 101 Å². The van der Waals surface area contributed by atoms with Crippen LogP contribution in [-0.2, 0) is 24.0 Å². The van der Waals surface area contributed by atoms with Crippen molar-refractivity contribution in [1.29, 1.82) is 0 Å². The second-order valence-electron chi connectivity index (χ2n) is 11.6. The number of allylic oxidation sites excluding steroid dienone is 1. The van der Waals surface area contributed by atoms with Crippen LogP contribution in [0.15, 0.2) is 99.0 Å². The van der Waals surface area contributed by atoms with E-state index >= 15 is 0 Å². The maximum Gasteiger partial charge on any atom is 0.339 e. The predicted octanol–water partition coefficient (Wildman–Crippen LogP) is 5.69. The van der Waals surface area contributed by atoms with E-state index in [0.29, 0.717) is 22.7 Å². The SMILES string of the molecule is CC1=C(C(=O)Oc2ccccc2)C2(C)C3C(=O)N(c4ccc(Br)cc4)C(=O)C3C1C1C(=O)N(c3ccc(Br)cc3)C(=O)C12. The van der Waals surface area contributed by atoms with Crippen LogP contribution in [0, 0.1) is 35.0 Å². The molecule has 2 bridgehead atoms. The van der Waals surface area contributed by atoms with Crippen LogP contribution in [0.25, 0.3) is 0 Å². The van der Waals surface area contributed by atoms with Gasteiger partial charge in [0.05, 0.1) is 35.0 Å². The predicted molar refractivity (Wildman–Crippen MR) is 164 cm³/mol. The number of hydrogen-bond acceptors (Lipinski definition) is 6. The van der Waals surface area contributed by atoms with Crippen LogP contribution in [-0.4, -0.2) is 29.6 Å². The Morgan fingerprint density at radius 3 is 1.56 bits per heavy atom. The van der Waals surface area contributed by atoms with Crippen molar-refractivity contribution in [3.05, 3.63) is 99.0 Å². The number of carbonyl (C=O) groups excluding carboxylic acids is 5. The molecule has 10 heteroatoms. The lowest BCUT2D eigenvalue weighted by Gasteiger charge is -2.55. The van der Waals surface area contributed by atoms with Crippen LogP contribution < -0.4 is 14.5 Å². The first-order chi connectivity index (χ1) is 20.6. The Hall–Kier alpha value is -3.89. The minimum Gasteiger partial charge on any atom is -0.423 e. The third kappa shape index (κ3) is 3.82. The average Bonchev–Trinajstić information content (AvgIpc) is 3.41. The van der Waals surface area contributed by atoms with Crippen LogP contribution in [0.1, 0.15) is 13.8 Å². The Kier molecular flexibility index (Phi) is 6.37. The largest absolute Gasteiger partial charge is 0.423 e. The lowest BCUT2D eigenvalue weighted by atomic mass is 9.43. The number of imide groups is 2. The smallest absolute Gasteiger partial charge is 0.339 e. The molecular formula is C33H24Br2N2O6. The third-order valence-corrected chi connectivity index (χ3v) is 10.6. The standard InChI is InChI=1S/C33H24Br2N2O6/c1-16-22-23-26(30(40)36(28(23)38)19-12-8-17(34)9-13-19)33(2,25(16)32(42)43-21-6-4-3-5-7-21)27-24(22)29(39)37(31(27)41)20-14-10-18(35)11-15-20/h3-15,22-24,26-27H,1-2H3. The van der Waals surface area contributed by atoms with E-state index in [1.165, 1.54) is 0 Å². The monoisotopic (exact) mass is 702 g/mol. The summed E-state index contributed by atoms with van der Waals surface area (Å²) < 4.78 is 7.34. The Morgan fingerprint density at radius 1 is 0.674 bits per heavy atom. The average molecular weight is 704 g/mol. The molecule has 216 valence electrons. The van der Waals surface area contributed by atoms with Crippen molar-refractivity contribution < 1.29 is 28.7 Å². The fourth-order valence-electron chi connectivity index (χ4n) is 7.94. The number of hydrogen-bond donors (Lipinski definition) is 0. The van der Waals surface area contributed by atoms with Crippen LogP contribution in [0.4, 0.5) is 11.4 Å². The lowest BCUT2D eigenvalue weighted by Crippen LogP contribution is -2.61. The van der Waals surface area contributed by atoms with Crippen molar-refractivity contribution in [2.75, 3.05) is 9.80 Å². The van der Waals surface area contributed by atoms with Gasteiger partial charge in [0, 0.05) is 25.9 Å². The van der Waals surface area contributed by atoms with Gasteiger partial charge in [-0.25, -0.2) is 4.79 Å². The van der Waals surface area contributed by atoms with Gasteiger partial charge in [0.15, 0.2) is 0 Å².